The van der Waals surface area contributed by atoms with Crippen molar-refractivity contribution in [3.63, 3.8) is 0 Å². The fourth-order valence-electron chi connectivity index (χ4n) is 4.47. The van der Waals surface area contributed by atoms with Gasteiger partial charge in [0.25, 0.3) is 0 Å². The lowest BCUT2D eigenvalue weighted by atomic mass is 10.3. The molecule has 0 spiro atoms. The fraction of sp³-hybridized carbons (Fsp3) is 0.278. The number of hydrogen-bond donors (Lipinski definition) is 2. The van der Waals surface area contributed by atoms with Gasteiger partial charge in [0.2, 0.25) is 9.54 Å². The van der Waals surface area contributed by atoms with Crippen molar-refractivity contribution in [2.75, 3.05) is 20.3 Å². The van der Waals surface area contributed by atoms with Gasteiger partial charge in [0.15, 0.2) is 0 Å². The van der Waals surface area contributed by atoms with E-state index in [9.17, 15) is 18.0 Å². The lowest BCUT2D eigenvalue weighted by Gasteiger charge is -2.05. The molecule has 4 aromatic heterocycles. The average molecular weight is 1040 g/mol. The Kier molecular flexibility index (Phi) is 19.6. The maximum Gasteiger partial charge on any atom is 0.442 e. The molecule has 4 heterocycles. The van der Waals surface area contributed by atoms with E-state index in [4.69, 9.17) is 43.4 Å². The summed E-state index contributed by atoms with van der Waals surface area (Å²) in [6.07, 6.45) is -0.669. The molecule has 0 unspecified atom stereocenters. The third-order valence-electron chi connectivity index (χ3n) is 7.38. The Balaban J connectivity index is 0.000000223. The van der Waals surface area contributed by atoms with Gasteiger partial charge in [0.1, 0.15) is 16.4 Å². The molecule has 4 N–H and O–H groups in total. The molecule has 0 saturated carbocycles. The van der Waals surface area contributed by atoms with Crippen molar-refractivity contribution in [2.24, 2.45) is 14.1 Å². The molecule has 1 amide bonds. The number of rotatable bonds is 9. The quantitative estimate of drug-likeness (QED) is 0.133. The molecular formula is C36H43Br2N8O8S5+. The molecule has 0 fully saturated rings. The summed E-state index contributed by atoms with van der Waals surface area (Å²) in [4.78, 5) is 26.4. The zero-order chi connectivity index (χ0) is 43.9. The number of halogens is 2. The maximum atomic E-state index is 12.2. The summed E-state index contributed by atoms with van der Waals surface area (Å²) in [5, 5.41) is 17.7. The predicted octanol–water partition coefficient (Wildman–Crippen LogP) is 8.08. The van der Waals surface area contributed by atoms with Gasteiger partial charge in [0.05, 0.1) is 24.8 Å². The third kappa shape index (κ3) is 14.2. The van der Waals surface area contributed by atoms with E-state index in [1.54, 1.807) is 73.7 Å². The zero-order valence-electron chi connectivity index (χ0n) is 33.0. The Labute approximate surface area is 376 Å². The molecule has 59 heavy (non-hydrogen) atoms. The standard InChI is InChI=1S/C12H15BrN4O2S2.C12H13N3O3S.C7H8O.C5H6BrNO2S2/c1-4-19-11-15-17(12(20)16(11)3)10(18)14-5-8-7(2)21-6-9(8)13;1-3-17-10-13-15(11(19)14(10)2)12(16)18-9-7-5-4-6-8-9;1-8-7-5-3-2-4-6-7;1-3-5(11(7,8)9)4(6)2-10-3/h6H,4-5H2,1-3H3,(H,14,18);4-8H,3H2,1-2H3;2-6H,1H3;2H,1H3,(H2,7,8,9)/p+1. The van der Waals surface area contributed by atoms with Crippen LogP contribution < -0.4 is 29.4 Å². The van der Waals surface area contributed by atoms with Crippen molar-refractivity contribution >= 4 is 101 Å². The van der Waals surface area contributed by atoms with E-state index in [1.165, 1.54) is 15.9 Å². The summed E-state index contributed by atoms with van der Waals surface area (Å²) in [5.41, 5.74) is 1.06. The van der Waals surface area contributed by atoms with Gasteiger partial charge in [0, 0.05) is 45.6 Å². The first-order valence-electron chi connectivity index (χ1n) is 17.2. The number of aromatic nitrogens is 6. The Hall–Kier alpha value is -4.23. The van der Waals surface area contributed by atoms with Crippen LogP contribution in [0, 0.1) is 23.4 Å². The van der Waals surface area contributed by atoms with Crippen LogP contribution in [0.4, 0.5) is 9.59 Å². The number of carbonyl (C=O) groups is 2. The van der Waals surface area contributed by atoms with Crippen LogP contribution >= 0.6 is 79.0 Å². The molecule has 6 aromatic rings. The minimum Gasteiger partial charge on any atom is -0.497 e. The van der Waals surface area contributed by atoms with Crippen molar-refractivity contribution in [1.82, 2.24) is 34.0 Å². The van der Waals surface area contributed by atoms with Gasteiger partial charge >= 0.3 is 34.2 Å². The molecule has 0 aliphatic heterocycles. The monoisotopic (exact) mass is 1030 g/mol. The van der Waals surface area contributed by atoms with Crippen LogP contribution in [0.15, 0.2) is 85.3 Å². The van der Waals surface area contributed by atoms with E-state index < -0.39 is 16.1 Å². The predicted molar refractivity (Wildman–Crippen MR) is 238 cm³/mol. The van der Waals surface area contributed by atoms with E-state index in [1.807, 2.05) is 62.5 Å². The number of amides is 1. The summed E-state index contributed by atoms with van der Waals surface area (Å²) in [6, 6.07) is 18.6. The zero-order valence-corrected chi connectivity index (χ0v) is 40.3. The van der Waals surface area contributed by atoms with Crippen LogP contribution in [0.2, 0.25) is 0 Å². The number of methoxy groups -OCH3 is 1. The SMILES string of the molecule is CCOc1nn(C(=O)NCc2c(Br)csc2C)c(=S)n1C.CCOc1nn(C(=O)Oc2ccccc2)c(=S)n1C.COc1ccccc1.Cc1scc(Br)c1S([NH3+])(=O)=O. The molecule has 0 radical (unpaired) electrons. The largest absolute Gasteiger partial charge is 0.497 e. The van der Waals surface area contributed by atoms with E-state index in [0.29, 0.717) is 40.9 Å². The van der Waals surface area contributed by atoms with Gasteiger partial charge in [-0.3, -0.25) is 9.13 Å². The number of hydrogen-bond acceptors (Lipinski definition) is 14. The Morgan fingerprint density at radius 1 is 0.797 bits per heavy atom. The van der Waals surface area contributed by atoms with Crippen LogP contribution in [-0.2, 0) is 30.7 Å². The number of nitrogens with one attached hydrogen (secondary N) is 1. The number of benzene rings is 2. The van der Waals surface area contributed by atoms with Gasteiger partial charge in [-0.2, -0.15) is 8.42 Å². The molecule has 318 valence electrons. The molecule has 6 rings (SSSR count). The second-order valence-electron chi connectivity index (χ2n) is 11.5. The summed E-state index contributed by atoms with van der Waals surface area (Å²) in [7, 11) is 1.74. The third-order valence-corrected chi connectivity index (χ3v) is 13.6. The highest BCUT2D eigenvalue weighted by atomic mass is 79.9. The Morgan fingerprint density at radius 3 is 1.68 bits per heavy atom. The molecular weight excluding hydrogens is 993 g/mol. The second-order valence-corrected chi connectivity index (χ2v) is 17.7. The average Bonchev–Trinajstić information content (AvgIpc) is 3.91. The van der Waals surface area contributed by atoms with Crippen molar-refractivity contribution < 1.29 is 42.1 Å². The first-order chi connectivity index (χ1) is 27.9. The smallest absolute Gasteiger partial charge is 0.442 e. The summed E-state index contributed by atoms with van der Waals surface area (Å²) < 4.78 is 49.9. The van der Waals surface area contributed by atoms with Gasteiger partial charge in [-0.15, -0.1) is 42.2 Å². The van der Waals surface area contributed by atoms with Gasteiger partial charge in [-0.25, -0.2) is 14.7 Å². The van der Waals surface area contributed by atoms with Crippen molar-refractivity contribution in [3.8, 4) is 23.5 Å². The maximum absolute atomic E-state index is 12.2. The molecule has 0 bridgehead atoms. The van der Waals surface area contributed by atoms with Crippen LogP contribution in [0.25, 0.3) is 0 Å². The Bertz CT molecular complexity index is 2490. The van der Waals surface area contributed by atoms with E-state index in [-0.39, 0.29) is 21.6 Å². The van der Waals surface area contributed by atoms with E-state index >= 15 is 0 Å². The molecule has 0 aliphatic rings. The lowest BCUT2D eigenvalue weighted by Crippen LogP contribution is -2.56. The fourth-order valence-corrected chi connectivity index (χ4v) is 9.92. The number of ether oxygens (including phenoxy) is 4. The van der Waals surface area contributed by atoms with Gasteiger partial charge in [-0.05, 0) is 114 Å². The number of carbonyl (C=O) groups excluding carboxylic acids is 2. The van der Waals surface area contributed by atoms with E-state index in [2.05, 4.69) is 52.5 Å². The number of sulfonamides is 1. The summed E-state index contributed by atoms with van der Waals surface area (Å²) in [5.74, 6) is 1.34. The lowest BCUT2D eigenvalue weighted by molar-refractivity contribution is -0.165. The number of quaternary nitrogens is 1. The summed E-state index contributed by atoms with van der Waals surface area (Å²) >= 11 is 19.9. The molecule has 23 heteroatoms. The number of thiophene rings is 2. The van der Waals surface area contributed by atoms with Crippen LogP contribution in [0.1, 0.15) is 29.2 Å². The summed E-state index contributed by atoms with van der Waals surface area (Å²) in [6.45, 7) is 8.75. The molecule has 0 aliphatic carbocycles. The number of aryl methyl sites for hydroxylation is 2. The van der Waals surface area contributed by atoms with Crippen LogP contribution in [-0.4, -0.2) is 69.6 Å². The highest BCUT2D eigenvalue weighted by Crippen LogP contribution is 2.29. The minimum absolute atomic E-state index is 0.212. The first kappa shape index (κ1) is 49.1. The Morgan fingerprint density at radius 2 is 1.27 bits per heavy atom. The molecule has 0 atom stereocenters. The van der Waals surface area contributed by atoms with Crippen LogP contribution in [0.5, 0.6) is 23.5 Å². The van der Waals surface area contributed by atoms with Crippen molar-refractivity contribution in [1.29, 1.82) is 0 Å². The highest BCUT2D eigenvalue weighted by molar-refractivity contribution is 9.10. The molecule has 2 aromatic carbocycles. The molecule has 16 nitrogen and oxygen atoms in total. The number of para-hydroxylation sites is 2. The second kappa shape index (κ2) is 23.5. The van der Waals surface area contributed by atoms with Crippen LogP contribution in [0.3, 0.4) is 0 Å². The topological polar surface area (TPSA) is 190 Å². The minimum atomic E-state index is -3.31. The van der Waals surface area contributed by atoms with Gasteiger partial charge < -0.3 is 24.3 Å². The highest BCUT2D eigenvalue weighted by Gasteiger charge is 2.20. The number of nitrogens with zero attached hydrogens (tertiary/aromatic N) is 6. The van der Waals surface area contributed by atoms with Crippen molar-refractivity contribution in [3.05, 3.63) is 105 Å². The first-order valence-corrected chi connectivity index (χ1v) is 23.0. The molecule has 0 saturated heterocycles. The van der Waals surface area contributed by atoms with E-state index in [0.717, 1.165) is 34.9 Å². The van der Waals surface area contributed by atoms with Crippen molar-refractivity contribution in [2.45, 2.75) is 39.1 Å². The van der Waals surface area contributed by atoms with Gasteiger partial charge in [-0.1, -0.05) is 36.4 Å². The normalized spacial score (nSPS) is 10.5.